The zero-order valence-corrected chi connectivity index (χ0v) is 32.1. The molecule has 8 nitrogen and oxygen atoms in total. The number of nitrogens with two attached hydrogens (primary N) is 1. The number of ether oxygens (including phenoxy) is 2. The fourth-order valence-electron chi connectivity index (χ4n) is 5.44. The van der Waals surface area contributed by atoms with E-state index in [4.69, 9.17) is 24.3 Å². The first-order valence-corrected chi connectivity index (χ1v) is 21.3. The van der Waals surface area contributed by atoms with Crippen LogP contribution in [-0.2, 0) is 27.9 Å². The van der Waals surface area contributed by atoms with Gasteiger partial charge in [-0.15, -0.1) is 0 Å². The number of rotatable bonds is 38. The molecule has 0 aromatic carbocycles. The third kappa shape index (κ3) is 36.3. The minimum Gasteiger partial charge on any atom is -0.457 e. The zero-order chi connectivity index (χ0) is 35.2. The van der Waals surface area contributed by atoms with Gasteiger partial charge in [0.25, 0.3) is 0 Å². The number of allylic oxidation sites excluding steroid dienone is 4. The van der Waals surface area contributed by atoms with Gasteiger partial charge in [0.1, 0.15) is 6.10 Å². The average molecular weight is 702 g/mol. The maximum Gasteiger partial charge on any atom is 0.472 e. The third-order valence-corrected chi connectivity index (χ3v) is 9.36. The van der Waals surface area contributed by atoms with Crippen molar-refractivity contribution in [1.29, 1.82) is 0 Å². The summed E-state index contributed by atoms with van der Waals surface area (Å²) in [6.07, 6.45) is 39.3. The van der Waals surface area contributed by atoms with Crippen LogP contribution in [0.5, 0.6) is 0 Å². The Morgan fingerprint density at radius 2 is 1.10 bits per heavy atom. The molecule has 0 aromatic heterocycles. The quantitative estimate of drug-likeness (QED) is 0.0283. The second kappa shape index (κ2) is 37.2. The number of carbonyl (C=O) groups excluding carboxylic acids is 1. The minimum absolute atomic E-state index is 0.0946. The summed E-state index contributed by atoms with van der Waals surface area (Å²) < 4.78 is 33.2. The Labute approximate surface area is 296 Å². The Morgan fingerprint density at radius 3 is 1.62 bits per heavy atom. The van der Waals surface area contributed by atoms with E-state index < -0.39 is 13.9 Å². The number of phosphoric acid groups is 1. The first-order valence-electron chi connectivity index (χ1n) is 19.8. The summed E-state index contributed by atoms with van der Waals surface area (Å²) in [4.78, 5) is 22.2. The highest BCUT2D eigenvalue weighted by Gasteiger charge is 2.25. The van der Waals surface area contributed by atoms with Gasteiger partial charge >= 0.3 is 13.8 Å². The van der Waals surface area contributed by atoms with Crippen LogP contribution in [0.4, 0.5) is 0 Å². The Bertz CT molecular complexity index is 792. The van der Waals surface area contributed by atoms with E-state index in [0.29, 0.717) is 13.0 Å². The molecule has 3 N–H and O–H groups in total. The van der Waals surface area contributed by atoms with Crippen LogP contribution in [-0.4, -0.2) is 49.9 Å². The van der Waals surface area contributed by atoms with E-state index in [1.165, 1.54) is 122 Å². The fraction of sp³-hybridized carbons (Fsp3) is 0.872. The summed E-state index contributed by atoms with van der Waals surface area (Å²) in [7, 11) is -4.26. The van der Waals surface area contributed by atoms with Crippen LogP contribution < -0.4 is 5.73 Å². The van der Waals surface area contributed by atoms with Crippen molar-refractivity contribution < 1.29 is 32.8 Å². The van der Waals surface area contributed by atoms with Gasteiger partial charge in [-0.1, -0.05) is 154 Å². The van der Waals surface area contributed by atoms with Crippen LogP contribution in [0.15, 0.2) is 24.3 Å². The van der Waals surface area contributed by atoms with Crippen molar-refractivity contribution in [2.75, 3.05) is 33.0 Å². The summed E-state index contributed by atoms with van der Waals surface area (Å²) in [6, 6.07) is 0. The lowest BCUT2D eigenvalue weighted by atomic mass is 10.1. The molecule has 0 saturated carbocycles. The van der Waals surface area contributed by atoms with Crippen LogP contribution in [0.1, 0.15) is 181 Å². The molecule has 0 saturated heterocycles. The smallest absolute Gasteiger partial charge is 0.457 e. The highest BCUT2D eigenvalue weighted by molar-refractivity contribution is 7.47. The first kappa shape index (κ1) is 47.0. The molecule has 0 aliphatic carbocycles. The van der Waals surface area contributed by atoms with Crippen molar-refractivity contribution in [3.05, 3.63) is 24.3 Å². The molecular formula is C39H76NO7P. The largest absolute Gasteiger partial charge is 0.472 e. The van der Waals surface area contributed by atoms with Crippen molar-refractivity contribution in [1.82, 2.24) is 0 Å². The molecule has 0 amide bonds. The number of hydrogen-bond donors (Lipinski definition) is 2. The van der Waals surface area contributed by atoms with Gasteiger partial charge in [0.2, 0.25) is 0 Å². The topological polar surface area (TPSA) is 117 Å². The Kier molecular flexibility index (Phi) is 36.4. The molecule has 284 valence electrons. The summed E-state index contributed by atoms with van der Waals surface area (Å²) in [6.45, 7) is 4.87. The lowest BCUT2D eigenvalue weighted by Crippen LogP contribution is -2.28. The van der Waals surface area contributed by atoms with Gasteiger partial charge in [-0.05, 0) is 44.9 Å². The molecule has 0 aromatic rings. The maximum absolute atomic E-state index is 12.4. The lowest BCUT2D eigenvalue weighted by Gasteiger charge is -2.20. The number of hydrogen-bond acceptors (Lipinski definition) is 7. The lowest BCUT2D eigenvalue weighted by molar-refractivity contribution is -0.154. The first-order chi connectivity index (χ1) is 23.4. The fourth-order valence-corrected chi connectivity index (χ4v) is 6.20. The van der Waals surface area contributed by atoms with Crippen molar-refractivity contribution >= 4 is 13.8 Å². The summed E-state index contributed by atoms with van der Waals surface area (Å²) in [5.41, 5.74) is 5.34. The van der Waals surface area contributed by atoms with Crippen molar-refractivity contribution in [3.63, 3.8) is 0 Å². The van der Waals surface area contributed by atoms with E-state index in [-0.39, 0.29) is 32.3 Å². The molecule has 48 heavy (non-hydrogen) atoms. The van der Waals surface area contributed by atoms with Gasteiger partial charge in [-0.2, -0.15) is 0 Å². The molecule has 0 radical (unpaired) electrons. The Hall–Kier alpha value is -1.02. The predicted molar refractivity (Wildman–Crippen MR) is 201 cm³/mol. The van der Waals surface area contributed by atoms with Crippen LogP contribution in [0.3, 0.4) is 0 Å². The highest BCUT2D eigenvalue weighted by atomic mass is 31.2. The number of phosphoric ester groups is 1. The van der Waals surface area contributed by atoms with Crippen LogP contribution in [0.2, 0.25) is 0 Å². The van der Waals surface area contributed by atoms with Crippen LogP contribution in [0.25, 0.3) is 0 Å². The summed E-state index contributed by atoms with van der Waals surface area (Å²) >= 11 is 0. The van der Waals surface area contributed by atoms with E-state index in [2.05, 4.69) is 38.2 Å². The normalized spacial score (nSPS) is 13.8. The van der Waals surface area contributed by atoms with Gasteiger partial charge < -0.3 is 20.1 Å². The highest BCUT2D eigenvalue weighted by Crippen LogP contribution is 2.43. The van der Waals surface area contributed by atoms with Gasteiger partial charge in [0.05, 0.1) is 19.8 Å². The van der Waals surface area contributed by atoms with E-state index >= 15 is 0 Å². The van der Waals surface area contributed by atoms with E-state index in [9.17, 15) is 14.3 Å². The average Bonchev–Trinajstić information content (AvgIpc) is 3.07. The molecular weight excluding hydrogens is 625 g/mol. The third-order valence-electron chi connectivity index (χ3n) is 8.37. The van der Waals surface area contributed by atoms with E-state index in [0.717, 1.165) is 38.5 Å². The van der Waals surface area contributed by atoms with Gasteiger partial charge in [-0.25, -0.2) is 4.57 Å². The molecule has 9 heteroatoms. The zero-order valence-electron chi connectivity index (χ0n) is 31.2. The SMILES string of the molecule is CCCCCCC/C=C\C/C=C\CCCCCCCCCCCCOCC(COP(=O)(O)OCCN)OC(=O)CCCCCCCCC. The molecule has 2 unspecified atom stereocenters. The van der Waals surface area contributed by atoms with E-state index in [1.807, 2.05) is 0 Å². The second-order valence-corrected chi connectivity index (χ2v) is 14.6. The van der Waals surface area contributed by atoms with Gasteiger partial charge in [-0.3, -0.25) is 13.8 Å². The van der Waals surface area contributed by atoms with Crippen LogP contribution in [0, 0.1) is 0 Å². The molecule has 0 aliphatic rings. The minimum atomic E-state index is -4.26. The van der Waals surface area contributed by atoms with Crippen LogP contribution >= 0.6 is 7.82 Å². The second-order valence-electron chi connectivity index (χ2n) is 13.1. The standard InChI is InChI=1S/C39H76NO7P/c1-3-5-7-9-11-12-13-14-15-16-17-18-19-20-21-22-23-24-25-27-29-31-34-44-36-38(37-46-48(42,43)45-35-33-40)47-39(41)32-30-28-26-10-8-6-4-2/h13-14,16-17,38H,3-12,15,18-37,40H2,1-2H3,(H,42,43)/b14-13-,17-16-. The molecule has 0 spiro atoms. The van der Waals surface area contributed by atoms with Crippen molar-refractivity contribution in [2.45, 2.75) is 187 Å². The van der Waals surface area contributed by atoms with Gasteiger partial charge in [0.15, 0.2) is 0 Å². The summed E-state index contributed by atoms with van der Waals surface area (Å²) in [5.74, 6) is -0.338. The Balaban J connectivity index is 3.89. The molecule has 0 aliphatic heterocycles. The number of esters is 1. The van der Waals surface area contributed by atoms with Crippen molar-refractivity contribution in [3.8, 4) is 0 Å². The number of unbranched alkanes of at least 4 members (excludes halogenated alkanes) is 21. The van der Waals surface area contributed by atoms with E-state index in [1.54, 1.807) is 0 Å². The van der Waals surface area contributed by atoms with Gasteiger partial charge in [0, 0.05) is 19.6 Å². The Morgan fingerprint density at radius 1 is 0.625 bits per heavy atom. The number of carbonyl (C=O) groups is 1. The molecule has 0 rings (SSSR count). The van der Waals surface area contributed by atoms with Crippen molar-refractivity contribution in [2.24, 2.45) is 5.73 Å². The molecule has 0 bridgehead atoms. The molecule has 2 atom stereocenters. The maximum atomic E-state index is 12.4. The molecule has 0 fully saturated rings. The predicted octanol–water partition coefficient (Wildman–Crippen LogP) is 11.3. The monoisotopic (exact) mass is 702 g/mol. The summed E-state index contributed by atoms with van der Waals surface area (Å²) in [5, 5.41) is 0. The molecule has 0 heterocycles.